The first-order valence-electron chi connectivity index (χ1n) is 10.9. The van der Waals surface area contributed by atoms with Crippen LogP contribution in [0.5, 0.6) is 11.5 Å². The van der Waals surface area contributed by atoms with Crippen molar-refractivity contribution in [1.82, 2.24) is 15.5 Å². The number of rotatable bonds is 9. The molecule has 7 nitrogen and oxygen atoms in total. The third-order valence-corrected chi connectivity index (χ3v) is 5.48. The van der Waals surface area contributed by atoms with E-state index in [9.17, 15) is 9.50 Å². The number of nitrogens with zero attached hydrogens (tertiary/aromatic N) is 2. The van der Waals surface area contributed by atoms with Gasteiger partial charge in [-0.1, -0.05) is 6.07 Å². The topological polar surface area (TPSA) is 78.4 Å². The van der Waals surface area contributed by atoms with E-state index in [1.165, 1.54) is 6.07 Å². The monoisotopic (exact) mass is 572 g/mol. The molecule has 3 N–H and O–H groups in total. The zero-order valence-electron chi connectivity index (χ0n) is 19.4. The molecular weight excluding hydrogens is 538 g/mol. The van der Waals surface area contributed by atoms with Crippen molar-refractivity contribution in [3.05, 3.63) is 58.9 Å². The third-order valence-electron chi connectivity index (χ3n) is 5.48. The molecule has 182 valence electrons. The van der Waals surface area contributed by atoms with E-state index in [1.54, 1.807) is 26.4 Å². The maximum atomic E-state index is 13.6. The fourth-order valence-corrected chi connectivity index (χ4v) is 3.84. The molecule has 1 aliphatic heterocycles. The van der Waals surface area contributed by atoms with Crippen LogP contribution in [0.4, 0.5) is 4.39 Å². The van der Waals surface area contributed by atoms with Crippen LogP contribution in [0.1, 0.15) is 30.0 Å². The molecule has 1 fully saturated rings. The predicted molar refractivity (Wildman–Crippen MR) is 139 cm³/mol. The summed E-state index contributed by atoms with van der Waals surface area (Å²) >= 11 is 0. The number of nitrogens with one attached hydrogen (secondary N) is 2. The summed E-state index contributed by atoms with van der Waals surface area (Å²) in [5.41, 5.74) is 2.29. The van der Waals surface area contributed by atoms with Crippen LogP contribution in [-0.4, -0.2) is 55.9 Å². The van der Waals surface area contributed by atoms with Gasteiger partial charge in [0.25, 0.3) is 0 Å². The number of ether oxygens (including phenoxy) is 2. The molecule has 0 aromatic heterocycles. The van der Waals surface area contributed by atoms with Crippen molar-refractivity contribution < 1.29 is 19.0 Å². The van der Waals surface area contributed by atoms with Gasteiger partial charge in [-0.15, -0.1) is 24.0 Å². The number of hydrogen-bond donors (Lipinski definition) is 3. The van der Waals surface area contributed by atoms with Crippen molar-refractivity contribution >= 4 is 29.9 Å². The average molecular weight is 572 g/mol. The Hall–Kier alpha value is -2.11. The number of aliphatic hydroxyl groups excluding tert-OH is 1. The quantitative estimate of drug-likeness (QED) is 0.243. The van der Waals surface area contributed by atoms with Crippen LogP contribution in [0.15, 0.2) is 41.4 Å². The van der Waals surface area contributed by atoms with Gasteiger partial charge in [-0.05, 0) is 48.7 Å². The molecular formula is C24H34FIN4O3. The summed E-state index contributed by atoms with van der Waals surface area (Å²) in [5.74, 6) is 1.92. The van der Waals surface area contributed by atoms with Crippen molar-refractivity contribution in [3.8, 4) is 11.5 Å². The third kappa shape index (κ3) is 8.01. The van der Waals surface area contributed by atoms with Gasteiger partial charge in [0.05, 0.1) is 27.4 Å². The summed E-state index contributed by atoms with van der Waals surface area (Å²) in [6.45, 7) is 5.55. The predicted octanol–water partition coefficient (Wildman–Crippen LogP) is 3.28. The highest BCUT2D eigenvalue weighted by Gasteiger charge is 2.23. The molecule has 9 heteroatoms. The smallest absolute Gasteiger partial charge is 0.191 e. The van der Waals surface area contributed by atoms with Crippen LogP contribution in [0.2, 0.25) is 0 Å². The molecule has 1 aliphatic rings. The lowest BCUT2D eigenvalue weighted by Crippen LogP contribution is -2.44. The van der Waals surface area contributed by atoms with Crippen LogP contribution in [0, 0.1) is 5.82 Å². The van der Waals surface area contributed by atoms with Crippen molar-refractivity contribution in [1.29, 1.82) is 0 Å². The van der Waals surface area contributed by atoms with E-state index in [0.717, 1.165) is 61.2 Å². The summed E-state index contributed by atoms with van der Waals surface area (Å²) in [5, 5.41) is 16.1. The number of benzene rings is 2. The molecule has 1 saturated heterocycles. The van der Waals surface area contributed by atoms with Crippen molar-refractivity contribution in [3.63, 3.8) is 0 Å². The van der Waals surface area contributed by atoms with E-state index >= 15 is 0 Å². The minimum absolute atomic E-state index is 0. The van der Waals surface area contributed by atoms with Gasteiger partial charge in [0, 0.05) is 43.9 Å². The molecule has 2 aromatic carbocycles. The largest absolute Gasteiger partial charge is 0.497 e. The Kier molecular flexibility index (Phi) is 11.2. The highest BCUT2D eigenvalue weighted by molar-refractivity contribution is 14.0. The zero-order valence-corrected chi connectivity index (χ0v) is 21.8. The first-order valence-corrected chi connectivity index (χ1v) is 10.9. The zero-order chi connectivity index (χ0) is 22.9. The maximum absolute atomic E-state index is 13.6. The fourth-order valence-electron chi connectivity index (χ4n) is 3.84. The van der Waals surface area contributed by atoms with Crippen molar-refractivity contribution in [2.24, 2.45) is 4.99 Å². The maximum Gasteiger partial charge on any atom is 0.191 e. The van der Waals surface area contributed by atoms with Gasteiger partial charge in [-0.2, -0.15) is 0 Å². The van der Waals surface area contributed by atoms with Crippen molar-refractivity contribution in [2.45, 2.75) is 39.1 Å². The summed E-state index contributed by atoms with van der Waals surface area (Å²) in [6, 6.07) is 11.0. The number of guanidine groups is 1. The van der Waals surface area contributed by atoms with Gasteiger partial charge >= 0.3 is 0 Å². The van der Waals surface area contributed by atoms with E-state index in [4.69, 9.17) is 9.47 Å². The molecule has 3 rings (SSSR count). The first-order chi connectivity index (χ1) is 15.5. The van der Waals surface area contributed by atoms with Gasteiger partial charge in [0.2, 0.25) is 0 Å². The molecule has 33 heavy (non-hydrogen) atoms. The molecule has 1 heterocycles. The van der Waals surface area contributed by atoms with Crippen LogP contribution < -0.4 is 20.1 Å². The molecule has 1 atom stereocenters. The number of aliphatic imine (C=N–C) groups is 1. The summed E-state index contributed by atoms with van der Waals surface area (Å²) in [4.78, 5) is 7.04. The Bertz CT molecular complexity index is 906. The van der Waals surface area contributed by atoms with Gasteiger partial charge in [0.1, 0.15) is 17.3 Å². The highest BCUT2D eigenvalue weighted by atomic mass is 127. The van der Waals surface area contributed by atoms with Crippen LogP contribution in [0.3, 0.4) is 0 Å². The first kappa shape index (κ1) is 27.1. The SMILES string of the molecule is CCNC(=NCc1ccc(F)c(CO)c1)NC1CCN(Cc2cc(OC)cc(OC)c2)C1.I. The van der Waals surface area contributed by atoms with Crippen LogP contribution in [-0.2, 0) is 19.7 Å². The molecule has 0 aliphatic carbocycles. The average Bonchev–Trinajstić information content (AvgIpc) is 3.24. The summed E-state index contributed by atoms with van der Waals surface area (Å²) in [6.07, 6.45) is 1.01. The lowest BCUT2D eigenvalue weighted by Gasteiger charge is -2.19. The number of likely N-dealkylation sites (tertiary alicyclic amines) is 1. The molecule has 0 spiro atoms. The van der Waals surface area contributed by atoms with Crippen LogP contribution in [0.25, 0.3) is 0 Å². The Morgan fingerprint density at radius 2 is 1.88 bits per heavy atom. The molecule has 0 radical (unpaired) electrons. The van der Waals surface area contributed by atoms with E-state index in [1.807, 2.05) is 25.1 Å². The van der Waals surface area contributed by atoms with Gasteiger partial charge < -0.3 is 25.2 Å². The highest BCUT2D eigenvalue weighted by Crippen LogP contribution is 2.24. The lowest BCUT2D eigenvalue weighted by molar-refractivity contribution is 0.275. The Balaban J connectivity index is 0.00000385. The standard InChI is InChI=1S/C24H33FN4O3.HI/c1-4-26-24(27-13-17-5-6-23(25)19(9-17)16-30)28-20-7-8-29(15-20)14-18-10-21(31-2)12-22(11-18)32-3;/h5-6,9-12,20,30H,4,7-8,13-16H2,1-3H3,(H2,26,27,28);1H. The molecule has 0 bridgehead atoms. The Labute approximate surface area is 212 Å². The molecule has 1 unspecified atom stereocenters. The normalized spacial score (nSPS) is 16.3. The van der Waals surface area contributed by atoms with E-state index in [-0.39, 0.29) is 42.2 Å². The molecule has 2 aromatic rings. The van der Waals surface area contributed by atoms with Crippen molar-refractivity contribution in [2.75, 3.05) is 33.9 Å². The Morgan fingerprint density at radius 3 is 2.52 bits per heavy atom. The second-order valence-electron chi connectivity index (χ2n) is 7.87. The second-order valence-corrected chi connectivity index (χ2v) is 7.87. The number of hydrogen-bond acceptors (Lipinski definition) is 5. The summed E-state index contributed by atoms with van der Waals surface area (Å²) in [7, 11) is 3.32. The van der Waals surface area contributed by atoms with E-state index in [0.29, 0.717) is 6.54 Å². The number of methoxy groups -OCH3 is 2. The molecule has 0 saturated carbocycles. The molecule has 0 amide bonds. The minimum atomic E-state index is -0.398. The number of halogens is 2. The number of aliphatic hydroxyl groups is 1. The minimum Gasteiger partial charge on any atom is -0.497 e. The lowest BCUT2D eigenvalue weighted by atomic mass is 10.1. The van der Waals surface area contributed by atoms with E-state index in [2.05, 4.69) is 20.5 Å². The van der Waals surface area contributed by atoms with Crippen LogP contribution >= 0.6 is 24.0 Å². The van der Waals surface area contributed by atoms with Gasteiger partial charge in [0.15, 0.2) is 5.96 Å². The van der Waals surface area contributed by atoms with E-state index < -0.39 is 5.82 Å². The fraction of sp³-hybridized carbons (Fsp3) is 0.458. The van der Waals surface area contributed by atoms with Gasteiger partial charge in [-0.3, -0.25) is 4.90 Å². The Morgan fingerprint density at radius 1 is 1.15 bits per heavy atom. The van der Waals surface area contributed by atoms with Gasteiger partial charge in [-0.25, -0.2) is 9.38 Å². The summed E-state index contributed by atoms with van der Waals surface area (Å²) < 4.78 is 24.4. The second kappa shape index (κ2) is 13.6.